The number of rotatable bonds is 5. The third-order valence-electron chi connectivity index (χ3n) is 2.63. The highest BCUT2D eigenvalue weighted by Crippen LogP contribution is 2.25. The van der Waals surface area contributed by atoms with E-state index in [2.05, 4.69) is 20.9 Å². The number of sulfonamides is 1. The summed E-state index contributed by atoms with van der Waals surface area (Å²) in [5.41, 5.74) is 0. The van der Waals surface area contributed by atoms with Crippen molar-refractivity contribution >= 4 is 48.9 Å². The summed E-state index contributed by atoms with van der Waals surface area (Å²) in [4.78, 5) is 4.99. The van der Waals surface area contributed by atoms with Crippen LogP contribution in [0.15, 0.2) is 40.0 Å². The number of thiophene rings is 1. The van der Waals surface area contributed by atoms with Crippen LogP contribution >= 0.6 is 38.9 Å². The van der Waals surface area contributed by atoms with Crippen LogP contribution in [-0.2, 0) is 16.6 Å². The van der Waals surface area contributed by atoms with Gasteiger partial charge in [0.2, 0.25) is 10.0 Å². The highest BCUT2D eigenvalue weighted by Gasteiger charge is 2.24. The lowest BCUT2D eigenvalue weighted by molar-refractivity contribution is 0.426. The Morgan fingerprint density at radius 1 is 1.40 bits per heavy atom. The molecule has 0 fully saturated rings. The molecule has 2 rings (SSSR count). The van der Waals surface area contributed by atoms with Crippen LogP contribution < -0.4 is 0 Å². The molecule has 0 radical (unpaired) electrons. The average molecular weight is 396 g/mol. The van der Waals surface area contributed by atoms with Gasteiger partial charge >= 0.3 is 0 Å². The van der Waals surface area contributed by atoms with Crippen LogP contribution in [-0.4, -0.2) is 24.3 Å². The van der Waals surface area contributed by atoms with Crippen LogP contribution in [0.2, 0.25) is 4.34 Å². The maximum absolute atomic E-state index is 12.6. The smallest absolute Gasteiger partial charge is 0.244 e. The van der Waals surface area contributed by atoms with Crippen LogP contribution in [0.25, 0.3) is 0 Å². The molecule has 0 bridgehead atoms. The molecular weight excluding hydrogens is 384 g/mol. The average Bonchev–Trinajstić information content (AvgIpc) is 2.81. The minimum absolute atomic E-state index is 0.177. The quantitative estimate of drug-likeness (QED) is 0.774. The lowest BCUT2D eigenvalue weighted by atomic mass is 10.4. The van der Waals surface area contributed by atoms with Crippen LogP contribution in [0.1, 0.15) is 11.8 Å². The number of halogens is 2. The van der Waals surface area contributed by atoms with Gasteiger partial charge in [0.1, 0.15) is 4.90 Å². The van der Waals surface area contributed by atoms with E-state index in [-0.39, 0.29) is 4.90 Å². The maximum Gasteiger partial charge on any atom is 0.244 e. The van der Waals surface area contributed by atoms with Gasteiger partial charge in [-0.25, -0.2) is 8.42 Å². The van der Waals surface area contributed by atoms with Gasteiger partial charge in [-0.1, -0.05) is 18.5 Å². The normalized spacial score (nSPS) is 12.0. The van der Waals surface area contributed by atoms with E-state index in [4.69, 9.17) is 11.6 Å². The minimum atomic E-state index is -3.56. The molecule has 0 amide bonds. The third kappa shape index (κ3) is 3.59. The van der Waals surface area contributed by atoms with E-state index in [1.54, 1.807) is 25.3 Å². The van der Waals surface area contributed by atoms with Crippen molar-refractivity contribution in [1.29, 1.82) is 0 Å². The molecule has 0 saturated carbocycles. The second-order valence-corrected chi connectivity index (χ2v) is 8.63. The molecule has 0 spiro atoms. The van der Waals surface area contributed by atoms with E-state index in [0.717, 1.165) is 4.88 Å². The van der Waals surface area contributed by atoms with Gasteiger partial charge in [-0.05, 0) is 34.1 Å². The molecule has 20 heavy (non-hydrogen) atoms. The van der Waals surface area contributed by atoms with Crippen molar-refractivity contribution in [3.05, 3.63) is 44.3 Å². The molecule has 2 heterocycles. The van der Waals surface area contributed by atoms with Crippen LogP contribution in [0.3, 0.4) is 0 Å². The van der Waals surface area contributed by atoms with E-state index in [1.807, 2.05) is 6.07 Å². The van der Waals surface area contributed by atoms with E-state index in [0.29, 0.717) is 21.9 Å². The Bertz CT molecular complexity index is 703. The summed E-state index contributed by atoms with van der Waals surface area (Å²) < 4.78 is 27.8. The molecule has 0 aliphatic carbocycles. The molecule has 0 saturated heterocycles. The molecule has 4 nitrogen and oxygen atoms in total. The van der Waals surface area contributed by atoms with Crippen molar-refractivity contribution in [2.24, 2.45) is 0 Å². The summed E-state index contributed by atoms with van der Waals surface area (Å²) in [6.45, 7) is 2.49. The Labute approximate surface area is 135 Å². The predicted molar refractivity (Wildman–Crippen MR) is 84.5 cm³/mol. The first-order valence-corrected chi connectivity index (χ1v) is 9.21. The topological polar surface area (TPSA) is 50.3 Å². The molecule has 0 aliphatic heterocycles. The number of aromatic nitrogens is 1. The zero-order valence-corrected chi connectivity index (χ0v) is 14.6. The fourth-order valence-corrected chi connectivity index (χ4v) is 4.78. The SMILES string of the molecule is CCN(Cc1ccc(Cl)s1)S(=O)(=O)c1cncc(Br)c1. The first-order valence-electron chi connectivity index (χ1n) is 5.78. The number of pyridine rings is 1. The first kappa shape index (κ1) is 15.9. The van der Waals surface area contributed by atoms with E-state index >= 15 is 0 Å². The molecule has 0 atom stereocenters. The molecule has 0 aromatic carbocycles. The Hall–Kier alpha value is -0.470. The van der Waals surface area contributed by atoms with Gasteiger partial charge in [-0.15, -0.1) is 11.3 Å². The maximum atomic E-state index is 12.6. The van der Waals surface area contributed by atoms with Gasteiger partial charge in [0.15, 0.2) is 0 Å². The summed E-state index contributed by atoms with van der Waals surface area (Å²) >= 11 is 10.5. The molecular formula is C12H12BrClN2O2S2. The van der Waals surface area contributed by atoms with Crippen molar-refractivity contribution < 1.29 is 8.42 Å². The summed E-state index contributed by atoms with van der Waals surface area (Å²) in [6, 6.07) is 5.15. The van der Waals surface area contributed by atoms with Crippen LogP contribution in [0.5, 0.6) is 0 Å². The second-order valence-electron chi connectivity index (χ2n) is 3.98. The highest BCUT2D eigenvalue weighted by molar-refractivity contribution is 9.10. The van der Waals surface area contributed by atoms with Crippen molar-refractivity contribution in [2.45, 2.75) is 18.4 Å². The molecule has 2 aromatic heterocycles. The number of hydrogen-bond donors (Lipinski definition) is 0. The molecule has 2 aromatic rings. The fraction of sp³-hybridized carbons (Fsp3) is 0.250. The van der Waals surface area contributed by atoms with E-state index in [9.17, 15) is 8.42 Å². The Morgan fingerprint density at radius 2 is 2.15 bits per heavy atom. The Morgan fingerprint density at radius 3 is 2.70 bits per heavy atom. The Kier molecular flexibility index (Phi) is 5.19. The second kappa shape index (κ2) is 6.53. The van der Waals surface area contributed by atoms with E-state index in [1.165, 1.54) is 21.8 Å². The standard InChI is InChI=1S/C12H12BrClN2O2S2/c1-2-16(8-10-3-4-12(14)19-10)20(17,18)11-5-9(13)6-15-7-11/h3-7H,2,8H2,1H3. The summed E-state index contributed by atoms with van der Waals surface area (Å²) in [7, 11) is -3.56. The van der Waals surface area contributed by atoms with Gasteiger partial charge in [-0.2, -0.15) is 4.31 Å². The van der Waals surface area contributed by atoms with Crippen molar-refractivity contribution in [3.63, 3.8) is 0 Å². The van der Waals surface area contributed by atoms with Crippen molar-refractivity contribution in [2.75, 3.05) is 6.54 Å². The lowest BCUT2D eigenvalue weighted by Gasteiger charge is -2.19. The summed E-state index contributed by atoms with van der Waals surface area (Å²) in [5, 5.41) is 0. The predicted octanol–water partition coefficient (Wildman–Crippen LogP) is 3.77. The van der Waals surface area contributed by atoms with Gasteiger partial charge in [-0.3, -0.25) is 4.98 Å². The van der Waals surface area contributed by atoms with Gasteiger partial charge in [0, 0.05) is 34.8 Å². The highest BCUT2D eigenvalue weighted by atomic mass is 79.9. The van der Waals surface area contributed by atoms with Gasteiger partial charge in [0.25, 0.3) is 0 Å². The minimum Gasteiger partial charge on any atom is -0.262 e. The van der Waals surface area contributed by atoms with Crippen LogP contribution in [0.4, 0.5) is 0 Å². The molecule has 0 N–H and O–H groups in total. The summed E-state index contributed by atoms with van der Waals surface area (Å²) in [5.74, 6) is 0. The molecule has 108 valence electrons. The van der Waals surface area contributed by atoms with E-state index < -0.39 is 10.0 Å². The molecule has 8 heteroatoms. The summed E-state index contributed by atoms with van der Waals surface area (Å²) in [6.07, 6.45) is 2.90. The van der Waals surface area contributed by atoms with Crippen molar-refractivity contribution in [1.82, 2.24) is 9.29 Å². The zero-order chi connectivity index (χ0) is 14.8. The zero-order valence-electron chi connectivity index (χ0n) is 10.6. The lowest BCUT2D eigenvalue weighted by Crippen LogP contribution is -2.30. The van der Waals surface area contributed by atoms with Gasteiger partial charge < -0.3 is 0 Å². The largest absolute Gasteiger partial charge is 0.262 e. The number of hydrogen-bond acceptors (Lipinski definition) is 4. The third-order valence-corrected chi connectivity index (χ3v) is 6.17. The molecule has 0 unspecified atom stereocenters. The monoisotopic (exact) mass is 394 g/mol. The van der Waals surface area contributed by atoms with Crippen LogP contribution in [0, 0.1) is 0 Å². The van der Waals surface area contributed by atoms with Crippen molar-refractivity contribution in [3.8, 4) is 0 Å². The fourth-order valence-electron chi connectivity index (χ4n) is 1.66. The molecule has 0 aliphatic rings. The number of nitrogens with zero attached hydrogens (tertiary/aromatic N) is 2. The first-order chi connectivity index (χ1) is 9.43. The Balaban J connectivity index is 2.30. The van der Waals surface area contributed by atoms with Gasteiger partial charge in [0.05, 0.1) is 4.34 Å².